The van der Waals surface area contributed by atoms with Gasteiger partial charge in [-0.3, -0.25) is 9.79 Å². The van der Waals surface area contributed by atoms with Crippen molar-refractivity contribution in [2.24, 2.45) is 10.9 Å². The van der Waals surface area contributed by atoms with Gasteiger partial charge in [-0.2, -0.15) is 0 Å². The second-order valence-corrected chi connectivity index (χ2v) is 6.29. The van der Waals surface area contributed by atoms with Crippen LogP contribution in [-0.2, 0) is 11.3 Å². The third-order valence-electron chi connectivity index (χ3n) is 4.22. The van der Waals surface area contributed by atoms with Crippen LogP contribution in [0.3, 0.4) is 0 Å². The van der Waals surface area contributed by atoms with Gasteiger partial charge in [0.05, 0.1) is 6.61 Å². The number of guanidine groups is 1. The molecule has 1 aliphatic rings. The van der Waals surface area contributed by atoms with E-state index in [-0.39, 0.29) is 5.56 Å². The Kier molecular flexibility index (Phi) is 7.82. The van der Waals surface area contributed by atoms with Gasteiger partial charge in [0.15, 0.2) is 5.96 Å². The molecule has 1 N–H and O–H groups in total. The molecular formula is C18H30N4O2. The van der Waals surface area contributed by atoms with Gasteiger partial charge in [-0.1, -0.05) is 6.07 Å². The maximum Gasteiger partial charge on any atom is 0.250 e. The highest BCUT2D eigenvalue weighted by atomic mass is 16.5. The lowest BCUT2D eigenvalue weighted by Gasteiger charge is -2.24. The Morgan fingerprint density at radius 3 is 3.04 bits per heavy atom. The number of aryl methyl sites for hydroxylation is 1. The Morgan fingerprint density at radius 1 is 1.46 bits per heavy atom. The van der Waals surface area contributed by atoms with E-state index < -0.39 is 0 Å². The smallest absolute Gasteiger partial charge is 0.250 e. The number of nitrogens with zero attached hydrogens (tertiary/aromatic N) is 3. The molecule has 134 valence electrons. The number of aromatic nitrogens is 1. The minimum absolute atomic E-state index is 0.0628. The highest BCUT2D eigenvalue weighted by Gasteiger charge is 2.18. The molecule has 0 aliphatic carbocycles. The number of ether oxygens (including phenoxy) is 1. The predicted octanol–water partition coefficient (Wildman–Crippen LogP) is 1.56. The summed E-state index contributed by atoms with van der Waals surface area (Å²) in [4.78, 5) is 18.6. The Morgan fingerprint density at radius 2 is 2.33 bits per heavy atom. The van der Waals surface area contributed by atoms with Gasteiger partial charge >= 0.3 is 0 Å². The maximum absolute atomic E-state index is 11.6. The number of rotatable bonds is 8. The third-order valence-corrected chi connectivity index (χ3v) is 4.22. The molecule has 0 radical (unpaired) electrons. The Labute approximate surface area is 144 Å². The second-order valence-electron chi connectivity index (χ2n) is 6.29. The van der Waals surface area contributed by atoms with Crippen molar-refractivity contribution in [3.8, 4) is 0 Å². The van der Waals surface area contributed by atoms with Crippen molar-refractivity contribution in [1.82, 2.24) is 14.8 Å². The molecule has 0 amide bonds. The summed E-state index contributed by atoms with van der Waals surface area (Å²) in [5.41, 5.74) is 0.0628. The van der Waals surface area contributed by atoms with Crippen LogP contribution in [0.5, 0.6) is 0 Å². The first-order valence-electron chi connectivity index (χ1n) is 8.93. The summed E-state index contributed by atoms with van der Waals surface area (Å²) in [5, 5.41) is 3.35. The zero-order valence-electron chi connectivity index (χ0n) is 14.9. The van der Waals surface area contributed by atoms with E-state index in [0.717, 1.165) is 64.6 Å². The van der Waals surface area contributed by atoms with Gasteiger partial charge in [-0.05, 0) is 32.3 Å². The van der Waals surface area contributed by atoms with Crippen molar-refractivity contribution in [3.05, 3.63) is 34.7 Å². The lowest BCUT2D eigenvalue weighted by molar-refractivity contribution is 0.181. The van der Waals surface area contributed by atoms with Gasteiger partial charge in [0.2, 0.25) is 5.56 Å². The largest absolute Gasteiger partial charge is 0.381 e. The molecule has 6 heteroatoms. The SMILES string of the molecule is CCNC(=NCCCCn1ccccc1=O)N(C)CC1CCOC1. The normalized spacial score (nSPS) is 17.9. The van der Waals surface area contributed by atoms with Crippen LogP contribution in [0.4, 0.5) is 0 Å². The lowest BCUT2D eigenvalue weighted by Crippen LogP contribution is -2.41. The first kappa shape index (κ1) is 18.5. The summed E-state index contributed by atoms with van der Waals surface area (Å²) < 4.78 is 7.20. The van der Waals surface area contributed by atoms with Crippen molar-refractivity contribution in [3.63, 3.8) is 0 Å². The molecule has 0 aromatic carbocycles. The zero-order chi connectivity index (χ0) is 17.2. The average Bonchev–Trinajstić information content (AvgIpc) is 3.08. The van der Waals surface area contributed by atoms with Gasteiger partial charge in [-0.25, -0.2) is 0 Å². The van der Waals surface area contributed by atoms with E-state index in [4.69, 9.17) is 9.73 Å². The topological polar surface area (TPSA) is 58.9 Å². The number of hydrogen-bond donors (Lipinski definition) is 1. The van der Waals surface area contributed by atoms with Gasteiger partial charge in [-0.15, -0.1) is 0 Å². The van der Waals surface area contributed by atoms with Gasteiger partial charge in [0.1, 0.15) is 0 Å². The standard InChI is InChI=1S/C18H30N4O2/c1-3-19-18(21(2)14-16-9-13-24-15-16)20-10-5-7-12-22-11-6-4-8-17(22)23/h4,6,8,11,16H,3,5,7,9-10,12-15H2,1-2H3,(H,19,20). The molecular weight excluding hydrogens is 304 g/mol. The molecule has 2 rings (SSSR count). The van der Waals surface area contributed by atoms with Crippen LogP contribution in [0.25, 0.3) is 0 Å². The average molecular weight is 334 g/mol. The molecule has 24 heavy (non-hydrogen) atoms. The van der Waals surface area contributed by atoms with Crippen LogP contribution in [0.1, 0.15) is 26.2 Å². The fourth-order valence-corrected chi connectivity index (χ4v) is 2.90. The van der Waals surface area contributed by atoms with Crippen molar-refractivity contribution in [1.29, 1.82) is 0 Å². The predicted molar refractivity (Wildman–Crippen MR) is 97.5 cm³/mol. The molecule has 1 saturated heterocycles. The highest BCUT2D eigenvalue weighted by Crippen LogP contribution is 2.13. The molecule has 1 fully saturated rings. The Hall–Kier alpha value is -1.82. The molecule has 1 atom stereocenters. The van der Waals surface area contributed by atoms with E-state index in [1.54, 1.807) is 16.7 Å². The summed E-state index contributed by atoms with van der Waals surface area (Å²) >= 11 is 0. The molecule has 1 unspecified atom stereocenters. The summed E-state index contributed by atoms with van der Waals surface area (Å²) in [6.45, 7) is 7.19. The molecule has 1 aromatic heterocycles. The van der Waals surface area contributed by atoms with E-state index in [9.17, 15) is 4.79 Å². The van der Waals surface area contributed by atoms with Crippen molar-refractivity contribution >= 4 is 5.96 Å². The molecule has 1 aromatic rings. The summed E-state index contributed by atoms with van der Waals surface area (Å²) in [6, 6.07) is 5.27. The van der Waals surface area contributed by atoms with Crippen molar-refractivity contribution in [2.45, 2.75) is 32.7 Å². The number of nitrogens with one attached hydrogen (secondary N) is 1. The monoisotopic (exact) mass is 334 g/mol. The Bertz CT molecular complexity index is 564. The van der Waals surface area contributed by atoms with Crippen LogP contribution in [0, 0.1) is 5.92 Å². The number of unbranched alkanes of at least 4 members (excludes halogenated alkanes) is 1. The van der Waals surface area contributed by atoms with Crippen LogP contribution in [-0.4, -0.2) is 55.3 Å². The van der Waals surface area contributed by atoms with E-state index in [0.29, 0.717) is 5.92 Å². The van der Waals surface area contributed by atoms with Crippen LogP contribution in [0.2, 0.25) is 0 Å². The summed E-state index contributed by atoms with van der Waals surface area (Å²) in [7, 11) is 2.09. The first-order valence-corrected chi connectivity index (χ1v) is 8.93. The van der Waals surface area contributed by atoms with Gasteiger partial charge in [0, 0.05) is 58.0 Å². The number of hydrogen-bond acceptors (Lipinski definition) is 3. The van der Waals surface area contributed by atoms with E-state index in [1.165, 1.54) is 0 Å². The Balaban J connectivity index is 1.75. The highest BCUT2D eigenvalue weighted by molar-refractivity contribution is 5.79. The fourth-order valence-electron chi connectivity index (χ4n) is 2.90. The molecule has 2 heterocycles. The summed E-state index contributed by atoms with van der Waals surface area (Å²) in [5.74, 6) is 1.56. The summed E-state index contributed by atoms with van der Waals surface area (Å²) in [6.07, 6.45) is 4.90. The first-order chi connectivity index (χ1) is 11.7. The van der Waals surface area contributed by atoms with Gasteiger partial charge in [0.25, 0.3) is 0 Å². The van der Waals surface area contributed by atoms with Crippen LogP contribution >= 0.6 is 0 Å². The molecule has 6 nitrogen and oxygen atoms in total. The van der Waals surface area contributed by atoms with E-state index in [2.05, 4.69) is 24.2 Å². The van der Waals surface area contributed by atoms with Gasteiger partial charge < -0.3 is 19.5 Å². The lowest BCUT2D eigenvalue weighted by atomic mass is 10.1. The van der Waals surface area contributed by atoms with Crippen LogP contribution < -0.4 is 10.9 Å². The minimum Gasteiger partial charge on any atom is -0.381 e. The van der Waals surface area contributed by atoms with E-state index >= 15 is 0 Å². The van der Waals surface area contributed by atoms with E-state index in [1.807, 2.05) is 12.3 Å². The van der Waals surface area contributed by atoms with Crippen LogP contribution in [0.15, 0.2) is 34.2 Å². The second kappa shape index (κ2) is 10.1. The quantitative estimate of drug-likeness (QED) is 0.445. The third kappa shape index (κ3) is 6.00. The molecule has 0 saturated carbocycles. The number of pyridine rings is 1. The molecule has 1 aliphatic heterocycles. The van der Waals surface area contributed by atoms with Crippen molar-refractivity contribution < 1.29 is 4.74 Å². The maximum atomic E-state index is 11.6. The van der Waals surface area contributed by atoms with Crippen molar-refractivity contribution in [2.75, 3.05) is 39.9 Å². The molecule has 0 bridgehead atoms. The molecule has 0 spiro atoms. The number of aliphatic imine (C=N–C) groups is 1. The zero-order valence-corrected chi connectivity index (χ0v) is 14.9. The fraction of sp³-hybridized carbons (Fsp3) is 0.667. The minimum atomic E-state index is 0.0628.